The molecule has 1 aromatic carbocycles. The lowest BCUT2D eigenvalue weighted by molar-refractivity contribution is 0.441. The SMILES string of the molecule is CC(C)C[C@H](C)NCc1ccc(F)cc1. The van der Waals surface area contributed by atoms with Gasteiger partial charge in [-0.05, 0) is 37.0 Å². The molecule has 1 aromatic rings. The van der Waals surface area contributed by atoms with Crippen LogP contribution in [0.3, 0.4) is 0 Å². The average molecular weight is 209 g/mol. The van der Waals surface area contributed by atoms with Crippen LogP contribution < -0.4 is 5.32 Å². The lowest BCUT2D eigenvalue weighted by Gasteiger charge is -2.15. The molecule has 0 saturated carbocycles. The Labute approximate surface area is 91.7 Å². The van der Waals surface area contributed by atoms with E-state index >= 15 is 0 Å². The van der Waals surface area contributed by atoms with Gasteiger partial charge in [0.15, 0.2) is 0 Å². The van der Waals surface area contributed by atoms with Crippen LogP contribution in [0.4, 0.5) is 4.39 Å². The first-order valence-corrected chi connectivity index (χ1v) is 5.55. The van der Waals surface area contributed by atoms with Gasteiger partial charge < -0.3 is 5.32 Å². The van der Waals surface area contributed by atoms with Gasteiger partial charge in [-0.1, -0.05) is 26.0 Å². The normalized spacial score (nSPS) is 13.1. The maximum Gasteiger partial charge on any atom is 0.123 e. The molecule has 0 fully saturated rings. The Morgan fingerprint density at radius 3 is 2.27 bits per heavy atom. The molecule has 0 unspecified atom stereocenters. The Kier molecular flexibility index (Phi) is 4.76. The molecule has 0 saturated heterocycles. The number of rotatable bonds is 5. The van der Waals surface area contributed by atoms with Crippen molar-refractivity contribution in [2.75, 3.05) is 0 Å². The Morgan fingerprint density at radius 1 is 1.13 bits per heavy atom. The predicted octanol–water partition coefficient (Wildman–Crippen LogP) is 3.35. The highest BCUT2D eigenvalue weighted by Gasteiger charge is 2.03. The Morgan fingerprint density at radius 2 is 1.73 bits per heavy atom. The zero-order valence-corrected chi connectivity index (χ0v) is 9.76. The van der Waals surface area contributed by atoms with Crippen LogP contribution in [0.2, 0.25) is 0 Å². The predicted molar refractivity (Wildman–Crippen MR) is 62.2 cm³/mol. The van der Waals surface area contributed by atoms with Gasteiger partial charge in [0.05, 0.1) is 0 Å². The van der Waals surface area contributed by atoms with Crippen molar-refractivity contribution in [1.82, 2.24) is 5.32 Å². The largest absolute Gasteiger partial charge is 0.310 e. The third kappa shape index (κ3) is 4.93. The van der Waals surface area contributed by atoms with E-state index in [9.17, 15) is 4.39 Å². The zero-order valence-electron chi connectivity index (χ0n) is 9.76. The highest BCUT2D eigenvalue weighted by Crippen LogP contribution is 2.06. The lowest BCUT2D eigenvalue weighted by Crippen LogP contribution is -2.26. The molecule has 1 atom stereocenters. The molecular formula is C13H20FN. The number of halogens is 1. The summed E-state index contributed by atoms with van der Waals surface area (Å²) in [6, 6.07) is 7.17. The van der Waals surface area contributed by atoms with Crippen molar-refractivity contribution >= 4 is 0 Å². The molecule has 0 bridgehead atoms. The summed E-state index contributed by atoms with van der Waals surface area (Å²) in [5.41, 5.74) is 1.13. The second kappa shape index (κ2) is 5.86. The lowest BCUT2D eigenvalue weighted by atomic mass is 10.1. The molecule has 0 heterocycles. The molecule has 1 nitrogen and oxygen atoms in total. The Bertz CT molecular complexity index is 279. The maximum absolute atomic E-state index is 12.6. The van der Waals surface area contributed by atoms with Crippen molar-refractivity contribution < 1.29 is 4.39 Å². The van der Waals surface area contributed by atoms with E-state index in [0.717, 1.165) is 12.1 Å². The molecule has 0 aliphatic heterocycles. The van der Waals surface area contributed by atoms with E-state index in [2.05, 4.69) is 26.1 Å². The molecule has 0 spiro atoms. The minimum absolute atomic E-state index is 0.172. The van der Waals surface area contributed by atoms with Crippen LogP contribution in [0.5, 0.6) is 0 Å². The average Bonchev–Trinajstić information content (AvgIpc) is 2.16. The highest BCUT2D eigenvalue weighted by molar-refractivity contribution is 5.15. The van der Waals surface area contributed by atoms with Gasteiger partial charge in [-0.15, -0.1) is 0 Å². The fourth-order valence-corrected chi connectivity index (χ4v) is 1.68. The van der Waals surface area contributed by atoms with Crippen molar-refractivity contribution in [2.24, 2.45) is 5.92 Å². The van der Waals surface area contributed by atoms with Gasteiger partial charge in [0, 0.05) is 12.6 Å². The van der Waals surface area contributed by atoms with E-state index in [1.165, 1.54) is 18.6 Å². The maximum atomic E-state index is 12.6. The van der Waals surface area contributed by atoms with E-state index in [0.29, 0.717) is 12.0 Å². The number of hydrogen-bond acceptors (Lipinski definition) is 1. The highest BCUT2D eigenvalue weighted by atomic mass is 19.1. The first kappa shape index (κ1) is 12.2. The van der Waals surface area contributed by atoms with E-state index in [-0.39, 0.29) is 5.82 Å². The molecule has 0 aliphatic rings. The molecule has 0 amide bonds. The third-order valence-corrected chi connectivity index (χ3v) is 2.39. The molecule has 2 heteroatoms. The number of benzene rings is 1. The number of hydrogen-bond donors (Lipinski definition) is 1. The summed E-state index contributed by atoms with van der Waals surface area (Å²) < 4.78 is 12.6. The summed E-state index contributed by atoms with van der Waals surface area (Å²) >= 11 is 0. The van der Waals surface area contributed by atoms with Crippen LogP contribution in [-0.2, 0) is 6.54 Å². The van der Waals surface area contributed by atoms with Gasteiger partial charge in [0.1, 0.15) is 5.82 Å². The van der Waals surface area contributed by atoms with Crippen molar-refractivity contribution in [2.45, 2.75) is 39.8 Å². The van der Waals surface area contributed by atoms with Gasteiger partial charge in [-0.25, -0.2) is 4.39 Å². The van der Waals surface area contributed by atoms with Crippen molar-refractivity contribution in [3.05, 3.63) is 35.6 Å². The van der Waals surface area contributed by atoms with Crippen LogP contribution in [0.15, 0.2) is 24.3 Å². The second-order valence-corrected chi connectivity index (χ2v) is 4.54. The third-order valence-electron chi connectivity index (χ3n) is 2.39. The van der Waals surface area contributed by atoms with Crippen LogP contribution in [0.1, 0.15) is 32.8 Å². The summed E-state index contributed by atoms with van der Waals surface area (Å²) in [4.78, 5) is 0. The standard InChI is InChI=1S/C13H20FN/c1-10(2)8-11(3)15-9-12-4-6-13(14)7-5-12/h4-7,10-11,15H,8-9H2,1-3H3/t11-/m0/s1. The second-order valence-electron chi connectivity index (χ2n) is 4.54. The molecule has 0 aromatic heterocycles. The molecule has 15 heavy (non-hydrogen) atoms. The summed E-state index contributed by atoms with van der Waals surface area (Å²) in [6.45, 7) is 7.43. The van der Waals surface area contributed by atoms with Crippen molar-refractivity contribution in [3.8, 4) is 0 Å². The summed E-state index contributed by atoms with van der Waals surface area (Å²) in [6.07, 6.45) is 1.17. The van der Waals surface area contributed by atoms with E-state index in [1.54, 1.807) is 0 Å². The van der Waals surface area contributed by atoms with E-state index in [1.807, 2.05) is 12.1 Å². The zero-order chi connectivity index (χ0) is 11.3. The van der Waals surface area contributed by atoms with Gasteiger partial charge in [-0.2, -0.15) is 0 Å². The Hall–Kier alpha value is -0.890. The van der Waals surface area contributed by atoms with Gasteiger partial charge in [0.2, 0.25) is 0 Å². The van der Waals surface area contributed by atoms with E-state index < -0.39 is 0 Å². The summed E-state index contributed by atoms with van der Waals surface area (Å²) in [5.74, 6) is 0.537. The van der Waals surface area contributed by atoms with Gasteiger partial charge >= 0.3 is 0 Å². The molecule has 0 aliphatic carbocycles. The topological polar surface area (TPSA) is 12.0 Å². The van der Waals surface area contributed by atoms with Crippen LogP contribution in [0, 0.1) is 11.7 Å². The number of nitrogens with one attached hydrogen (secondary N) is 1. The fourth-order valence-electron chi connectivity index (χ4n) is 1.68. The van der Waals surface area contributed by atoms with Gasteiger partial charge in [0.25, 0.3) is 0 Å². The van der Waals surface area contributed by atoms with Crippen molar-refractivity contribution in [1.29, 1.82) is 0 Å². The molecule has 0 radical (unpaired) electrons. The summed E-state index contributed by atoms with van der Waals surface area (Å²) in [5, 5.41) is 3.43. The molecular weight excluding hydrogens is 189 g/mol. The Balaban J connectivity index is 2.33. The van der Waals surface area contributed by atoms with Crippen LogP contribution in [0.25, 0.3) is 0 Å². The first-order chi connectivity index (χ1) is 7.08. The minimum Gasteiger partial charge on any atom is -0.310 e. The van der Waals surface area contributed by atoms with Crippen molar-refractivity contribution in [3.63, 3.8) is 0 Å². The molecule has 84 valence electrons. The molecule has 1 rings (SSSR count). The minimum atomic E-state index is -0.172. The quantitative estimate of drug-likeness (QED) is 0.784. The van der Waals surface area contributed by atoms with Crippen LogP contribution >= 0.6 is 0 Å². The monoisotopic (exact) mass is 209 g/mol. The van der Waals surface area contributed by atoms with Gasteiger partial charge in [-0.3, -0.25) is 0 Å². The fraction of sp³-hybridized carbons (Fsp3) is 0.538. The van der Waals surface area contributed by atoms with E-state index in [4.69, 9.17) is 0 Å². The molecule has 1 N–H and O–H groups in total. The first-order valence-electron chi connectivity index (χ1n) is 5.55. The summed E-state index contributed by atoms with van der Waals surface area (Å²) in [7, 11) is 0. The smallest absolute Gasteiger partial charge is 0.123 e. The van der Waals surface area contributed by atoms with Crippen LogP contribution in [-0.4, -0.2) is 6.04 Å².